The van der Waals surface area contributed by atoms with Gasteiger partial charge in [-0.15, -0.1) is 0 Å². The fraction of sp³-hybridized carbons (Fsp3) is 0.250. The van der Waals surface area contributed by atoms with E-state index in [0.717, 1.165) is 35.9 Å². The molecule has 2 aromatic carbocycles. The fourth-order valence-corrected chi connectivity index (χ4v) is 2.44. The second-order valence-corrected chi connectivity index (χ2v) is 5.62. The molecular weight excluding hydrogens is 291 g/mol. The van der Waals surface area contributed by atoms with Crippen LogP contribution >= 0.6 is 23.2 Å². The van der Waals surface area contributed by atoms with Gasteiger partial charge in [0, 0.05) is 28.8 Å². The Labute approximate surface area is 130 Å². The van der Waals surface area contributed by atoms with Crippen molar-refractivity contribution in [2.75, 3.05) is 12.3 Å². The number of hydrogen-bond acceptors (Lipinski definition) is 2. The van der Waals surface area contributed by atoms with Gasteiger partial charge in [0.25, 0.3) is 0 Å². The highest BCUT2D eigenvalue weighted by molar-refractivity contribution is 6.33. The molecule has 20 heavy (non-hydrogen) atoms. The van der Waals surface area contributed by atoms with Crippen molar-refractivity contribution in [1.29, 1.82) is 0 Å². The highest BCUT2D eigenvalue weighted by Crippen LogP contribution is 2.22. The third-order valence-electron chi connectivity index (χ3n) is 3.23. The summed E-state index contributed by atoms with van der Waals surface area (Å²) in [4.78, 5) is 2.31. The number of halogens is 2. The number of nitrogens with zero attached hydrogens (tertiary/aromatic N) is 1. The molecule has 0 amide bonds. The number of rotatable bonds is 5. The first-order valence-electron chi connectivity index (χ1n) is 6.59. The van der Waals surface area contributed by atoms with Gasteiger partial charge in [-0.1, -0.05) is 42.3 Å². The quantitative estimate of drug-likeness (QED) is 0.818. The lowest BCUT2D eigenvalue weighted by Crippen LogP contribution is -2.22. The van der Waals surface area contributed by atoms with Crippen molar-refractivity contribution >= 4 is 28.9 Å². The normalized spacial score (nSPS) is 11.0. The summed E-state index contributed by atoms with van der Waals surface area (Å²) in [6.07, 6.45) is 0. The predicted molar refractivity (Wildman–Crippen MR) is 87.1 cm³/mol. The fourth-order valence-electron chi connectivity index (χ4n) is 2.07. The SMILES string of the molecule is CCN(Cc1ccc(N)cc1)Cc1cc(Cl)ccc1Cl. The third kappa shape index (κ3) is 4.14. The van der Waals surface area contributed by atoms with E-state index in [-0.39, 0.29) is 0 Å². The minimum atomic E-state index is 0.716. The van der Waals surface area contributed by atoms with Gasteiger partial charge in [0.05, 0.1) is 0 Å². The summed E-state index contributed by atoms with van der Waals surface area (Å²) in [7, 11) is 0. The van der Waals surface area contributed by atoms with Gasteiger partial charge in [-0.05, 0) is 48.0 Å². The molecule has 106 valence electrons. The summed E-state index contributed by atoms with van der Waals surface area (Å²) in [5.41, 5.74) is 8.78. The average molecular weight is 309 g/mol. The molecule has 0 fully saturated rings. The van der Waals surface area contributed by atoms with E-state index in [4.69, 9.17) is 28.9 Å². The van der Waals surface area contributed by atoms with E-state index in [1.807, 2.05) is 30.3 Å². The molecule has 0 spiro atoms. The van der Waals surface area contributed by atoms with Crippen LogP contribution in [0.4, 0.5) is 5.69 Å². The standard InChI is InChI=1S/C16H18Cl2N2/c1-2-20(10-12-3-6-15(19)7-4-12)11-13-9-14(17)5-8-16(13)18/h3-9H,2,10-11,19H2,1H3. The van der Waals surface area contributed by atoms with Crippen LogP contribution < -0.4 is 5.73 Å². The first kappa shape index (κ1) is 15.2. The number of nitrogen functional groups attached to an aromatic ring is 1. The van der Waals surface area contributed by atoms with Crippen LogP contribution in [-0.4, -0.2) is 11.4 Å². The van der Waals surface area contributed by atoms with Gasteiger partial charge in [0.2, 0.25) is 0 Å². The number of anilines is 1. The molecule has 0 aliphatic carbocycles. The summed E-state index contributed by atoms with van der Waals surface area (Å²) in [6, 6.07) is 13.5. The molecule has 2 nitrogen and oxygen atoms in total. The summed E-state index contributed by atoms with van der Waals surface area (Å²) in [5.74, 6) is 0. The minimum absolute atomic E-state index is 0.716. The molecule has 2 rings (SSSR count). The number of nitrogens with two attached hydrogens (primary N) is 1. The van der Waals surface area contributed by atoms with Crippen LogP contribution in [-0.2, 0) is 13.1 Å². The van der Waals surface area contributed by atoms with Crippen LogP contribution in [0.15, 0.2) is 42.5 Å². The smallest absolute Gasteiger partial charge is 0.0452 e. The van der Waals surface area contributed by atoms with E-state index in [1.165, 1.54) is 5.56 Å². The monoisotopic (exact) mass is 308 g/mol. The first-order valence-corrected chi connectivity index (χ1v) is 7.34. The molecular formula is C16H18Cl2N2. The Balaban J connectivity index is 2.08. The average Bonchev–Trinajstić information content (AvgIpc) is 2.44. The van der Waals surface area contributed by atoms with Crippen LogP contribution in [0.2, 0.25) is 10.0 Å². The van der Waals surface area contributed by atoms with Gasteiger partial charge in [-0.2, -0.15) is 0 Å². The van der Waals surface area contributed by atoms with Gasteiger partial charge < -0.3 is 5.73 Å². The Bertz CT molecular complexity index is 567. The Morgan fingerprint density at radius 2 is 1.70 bits per heavy atom. The molecule has 0 radical (unpaired) electrons. The third-order valence-corrected chi connectivity index (χ3v) is 3.84. The Hall–Kier alpha value is -1.22. The van der Waals surface area contributed by atoms with Gasteiger partial charge in [0.15, 0.2) is 0 Å². The maximum Gasteiger partial charge on any atom is 0.0452 e. The molecule has 0 aliphatic heterocycles. The number of hydrogen-bond donors (Lipinski definition) is 1. The highest BCUT2D eigenvalue weighted by atomic mass is 35.5. The van der Waals surface area contributed by atoms with Gasteiger partial charge in [-0.25, -0.2) is 0 Å². The Kier molecular flexibility index (Phi) is 5.30. The summed E-state index contributed by atoms with van der Waals surface area (Å²) >= 11 is 12.2. The van der Waals surface area contributed by atoms with E-state index in [1.54, 1.807) is 0 Å². The second kappa shape index (κ2) is 6.98. The zero-order valence-corrected chi connectivity index (χ0v) is 13.0. The van der Waals surface area contributed by atoms with Gasteiger partial charge >= 0.3 is 0 Å². The second-order valence-electron chi connectivity index (χ2n) is 4.78. The van der Waals surface area contributed by atoms with E-state index in [2.05, 4.69) is 24.0 Å². The van der Waals surface area contributed by atoms with Crippen molar-refractivity contribution in [3.63, 3.8) is 0 Å². The molecule has 0 unspecified atom stereocenters. The molecule has 0 saturated carbocycles. The molecule has 0 atom stereocenters. The molecule has 0 bridgehead atoms. The highest BCUT2D eigenvalue weighted by Gasteiger charge is 2.08. The summed E-state index contributed by atoms with van der Waals surface area (Å²) in [6.45, 7) is 4.71. The van der Waals surface area contributed by atoms with Crippen molar-refractivity contribution in [3.8, 4) is 0 Å². The van der Waals surface area contributed by atoms with Crippen molar-refractivity contribution in [2.45, 2.75) is 20.0 Å². The van der Waals surface area contributed by atoms with Gasteiger partial charge in [0.1, 0.15) is 0 Å². The van der Waals surface area contributed by atoms with Crippen molar-refractivity contribution in [3.05, 3.63) is 63.6 Å². The zero-order valence-electron chi connectivity index (χ0n) is 11.4. The Morgan fingerprint density at radius 1 is 1.00 bits per heavy atom. The predicted octanol–water partition coefficient (Wildman–Crippen LogP) is 4.60. The summed E-state index contributed by atoms with van der Waals surface area (Å²) < 4.78 is 0. The molecule has 2 aromatic rings. The lowest BCUT2D eigenvalue weighted by Gasteiger charge is -2.21. The van der Waals surface area contributed by atoms with Crippen molar-refractivity contribution in [2.24, 2.45) is 0 Å². The lowest BCUT2D eigenvalue weighted by atomic mass is 10.1. The van der Waals surface area contributed by atoms with Crippen LogP contribution in [0.3, 0.4) is 0 Å². The van der Waals surface area contributed by atoms with Crippen LogP contribution in [0.5, 0.6) is 0 Å². The molecule has 0 aliphatic rings. The van der Waals surface area contributed by atoms with E-state index >= 15 is 0 Å². The van der Waals surface area contributed by atoms with E-state index in [9.17, 15) is 0 Å². The van der Waals surface area contributed by atoms with Crippen molar-refractivity contribution in [1.82, 2.24) is 4.90 Å². The van der Waals surface area contributed by atoms with Crippen LogP contribution in [0, 0.1) is 0 Å². The number of benzene rings is 2. The summed E-state index contributed by atoms with van der Waals surface area (Å²) in [5, 5.41) is 1.47. The lowest BCUT2D eigenvalue weighted by molar-refractivity contribution is 0.271. The Morgan fingerprint density at radius 3 is 2.35 bits per heavy atom. The van der Waals surface area contributed by atoms with Crippen LogP contribution in [0.1, 0.15) is 18.1 Å². The minimum Gasteiger partial charge on any atom is -0.399 e. The molecule has 2 N–H and O–H groups in total. The first-order chi connectivity index (χ1) is 9.58. The van der Waals surface area contributed by atoms with Crippen molar-refractivity contribution < 1.29 is 0 Å². The maximum absolute atomic E-state index is 6.22. The molecule has 0 heterocycles. The van der Waals surface area contributed by atoms with E-state index < -0.39 is 0 Å². The van der Waals surface area contributed by atoms with Crippen LogP contribution in [0.25, 0.3) is 0 Å². The van der Waals surface area contributed by atoms with E-state index in [0.29, 0.717) is 5.02 Å². The maximum atomic E-state index is 6.22. The largest absolute Gasteiger partial charge is 0.399 e. The molecule has 4 heteroatoms. The molecule has 0 saturated heterocycles. The zero-order chi connectivity index (χ0) is 14.5. The van der Waals surface area contributed by atoms with Gasteiger partial charge in [-0.3, -0.25) is 4.90 Å². The molecule has 0 aromatic heterocycles. The topological polar surface area (TPSA) is 29.3 Å².